The van der Waals surface area contributed by atoms with E-state index in [0.717, 1.165) is 11.8 Å². The van der Waals surface area contributed by atoms with Gasteiger partial charge in [0.25, 0.3) is 0 Å². The van der Waals surface area contributed by atoms with Gasteiger partial charge in [-0.25, -0.2) is 0 Å². The molecule has 0 aliphatic carbocycles. The molecule has 0 radical (unpaired) electrons. The Morgan fingerprint density at radius 1 is 0.255 bits per heavy atom. The van der Waals surface area contributed by atoms with Gasteiger partial charge in [-0.05, 0) is 50.7 Å². The highest BCUT2D eigenvalue weighted by Crippen LogP contribution is 2.17. The molecule has 0 unspecified atom stereocenters. The zero-order valence-electron chi connectivity index (χ0n) is 34.2. The van der Waals surface area contributed by atoms with Gasteiger partial charge in [-0.15, -0.1) is 0 Å². The van der Waals surface area contributed by atoms with Crippen LogP contribution in [0.25, 0.3) is 0 Å². The molecular formula is C46H95N. The van der Waals surface area contributed by atoms with Gasteiger partial charge in [-0.3, -0.25) is 0 Å². The number of hydrogen-bond acceptors (Lipinski definition) is 1. The van der Waals surface area contributed by atoms with Gasteiger partial charge in [-0.2, -0.15) is 0 Å². The van der Waals surface area contributed by atoms with Crippen LogP contribution in [0.2, 0.25) is 0 Å². The van der Waals surface area contributed by atoms with Crippen molar-refractivity contribution in [1.82, 2.24) is 4.90 Å². The van der Waals surface area contributed by atoms with Gasteiger partial charge < -0.3 is 4.90 Å². The molecule has 0 aromatic carbocycles. The first-order valence-electron chi connectivity index (χ1n) is 22.8. The first-order valence-corrected chi connectivity index (χ1v) is 22.8. The summed E-state index contributed by atoms with van der Waals surface area (Å²) in [6.07, 6.45) is 52.7. The maximum absolute atomic E-state index is 2.87. The van der Waals surface area contributed by atoms with Crippen molar-refractivity contribution in [1.29, 1.82) is 0 Å². The van der Waals surface area contributed by atoms with Crippen molar-refractivity contribution in [2.24, 2.45) is 11.8 Å². The second kappa shape index (κ2) is 40.4. The van der Waals surface area contributed by atoms with Crippen LogP contribution in [0, 0.1) is 11.8 Å². The zero-order valence-corrected chi connectivity index (χ0v) is 34.2. The van der Waals surface area contributed by atoms with E-state index in [2.05, 4.69) is 39.5 Å². The topological polar surface area (TPSA) is 3.24 Å². The summed E-state index contributed by atoms with van der Waals surface area (Å²) in [6.45, 7) is 15.9. The third-order valence-corrected chi connectivity index (χ3v) is 10.8. The highest BCUT2D eigenvalue weighted by molar-refractivity contribution is 4.61. The lowest BCUT2D eigenvalue weighted by Crippen LogP contribution is -2.27. The van der Waals surface area contributed by atoms with Gasteiger partial charge in [-0.1, -0.05) is 247 Å². The van der Waals surface area contributed by atoms with E-state index in [1.807, 2.05) is 0 Å². The largest absolute Gasteiger partial charge is 0.303 e. The monoisotopic (exact) mass is 662 g/mol. The summed E-state index contributed by atoms with van der Waals surface area (Å²) in [7, 11) is 0. The lowest BCUT2D eigenvalue weighted by atomic mass is 10.0. The molecule has 0 amide bonds. The van der Waals surface area contributed by atoms with Crippen LogP contribution >= 0.6 is 0 Å². The van der Waals surface area contributed by atoms with Crippen LogP contribution in [0.4, 0.5) is 0 Å². The molecule has 0 aliphatic heterocycles. The molecule has 0 heterocycles. The average Bonchev–Trinajstić information content (AvgIpc) is 3.05. The molecular weight excluding hydrogens is 567 g/mol. The van der Waals surface area contributed by atoms with Crippen molar-refractivity contribution in [3.63, 3.8) is 0 Å². The predicted octanol–water partition coefficient (Wildman–Crippen LogP) is 16.7. The highest BCUT2D eigenvalue weighted by atomic mass is 15.1. The van der Waals surface area contributed by atoms with E-state index >= 15 is 0 Å². The maximum atomic E-state index is 2.87. The Hall–Kier alpha value is -0.0400. The van der Waals surface area contributed by atoms with Gasteiger partial charge in [0.2, 0.25) is 0 Å². The van der Waals surface area contributed by atoms with Gasteiger partial charge in [0.05, 0.1) is 0 Å². The van der Waals surface area contributed by atoms with Gasteiger partial charge in [0.15, 0.2) is 0 Å². The Kier molecular flexibility index (Phi) is 40.4. The van der Waals surface area contributed by atoms with E-state index < -0.39 is 0 Å². The molecule has 0 rings (SSSR count). The van der Waals surface area contributed by atoms with Crippen molar-refractivity contribution < 1.29 is 0 Å². The molecule has 0 atom stereocenters. The Morgan fingerprint density at radius 2 is 0.447 bits per heavy atom. The van der Waals surface area contributed by atoms with Crippen LogP contribution in [0.5, 0.6) is 0 Å². The van der Waals surface area contributed by atoms with Crippen LogP contribution in [-0.4, -0.2) is 24.5 Å². The molecule has 0 aliphatic rings. The molecule has 1 nitrogen and oxygen atoms in total. The number of nitrogens with zero attached hydrogens (tertiary/aromatic N) is 1. The molecule has 0 aromatic heterocycles. The molecule has 0 saturated carbocycles. The Balaban J connectivity index is 3.89. The van der Waals surface area contributed by atoms with Crippen LogP contribution in [0.3, 0.4) is 0 Å². The van der Waals surface area contributed by atoms with Crippen molar-refractivity contribution in [3.05, 3.63) is 0 Å². The summed E-state index contributed by atoms with van der Waals surface area (Å²) in [5.74, 6) is 1.78. The van der Waals surface area contributed by atoms with Crippen LogP contribution < -0.4 is 0 Å². The van der Waals surface area contributed by atoms with Crippen molar-refractivity contribution in [3.8, 4) is 0 Å². The zero-order chi connectivity index (χ0) is 34.3. The third kappa shape index (κ3) is 42.0. The van der Waals surface area contributed by atoms with Crippen LogP contribution in [-0.2, 0) is 0 Å². The van der Waals surface area contributed by atoms with Crippen molar-refractivity contribution in [2.75, 3.05) is 19.6 Å². The second-order valence-electron chi connectivity index (χ2n) is 16.9. The Labute approximate surface area is 301 Å². The van der Waals surface area contributed by atoms with E-state index in [9.17, 15) is 0 Å². The lowest BCUT2D eigenvalue weighted by molar-refractivity contribution is 0.254. The minimum Gasteiger partial charge on any atom is -0.303 e. The number of unbranched alkanes of at least 4 members (excludes halogenated alkanes) is 31. The highest BCUT2D eigenvalue weighted by Gasteiger charge is 2.06. The Bertz CT molecular complexity index is 503. The third-order valence-electron chi connectivity index (χ3n) is 10.8. The smallest absolute Gasteiger partial charge is 0.00187 e. The standard InChI is InChI=1S/C46H95N/c1-6-7-8-9-10-11-22-27-32-37-42-47(43-38-33-28-23-18-14-12-16-20-25-30-35-40-45(2)3)44-39-34-29-24-19-15-13-17-21-26-31-36-41-46(4)5/h45-46H,6-44H2,1-5H3. The molecule has 0 saturated heterocycles. The van der Waals surface area contributed by atoms with Crippen LogP contribution in [0.15, 0.2) is 0 Å². The van der Waals surface area contributed by atoms with Crippen LogP contribution in [0.1, 0.15) is 266 Å². The Morgan fingerprint density at radius 3 is 0.660 bits per heavy atom. The van der Waals surface area contributed by atoms with Gasteiger partial charge in [0.1, 0.15) is 0 Å². The molecule has 0 aromatic rings. The van der Waals surface area contributed by atoms with Gasteiger partial charge >= 0.3 is 0 Å². The summed E-state index contributed by atoms with van der Waals surface area (Å²) in [6, 6.07) is 0. The molecule has 284 valence electrons. The number of rotatable bonds is 41. The van der Waals surface area contributed by atoms with E-state index in [0.29, 0.717) is 0 Å². The quantitative estimate of drug-likeness (QED) is 0.0589. The minimum atomic E-state index is 0.890. The number of hydrogen-bond donors (Lipinski definition) is 0. The van der Waals surface area contributed by atoms with Crippen molar-refractivity contribution in [2.45, 2.75) is 266 Å². The first-order chi connectivity index (χ1) is 23.1. The van der Waals surface area contributed by atoms with Crippen molar-refractivity contribution >= 4 is 0 Å². The summed E-state index contributed by atoms with van der Waals surface area (Å²) >= 11 is 0. The van der Waals surface area contributed by atoms with E-state index in [-0.39, 0.29) is 0 Å². The fourth-order valence-corrected chi connectivity index (χ4v) is 7.47. The summed E-state index contributed by atoms with van der Waals surface area (Å²) in [4.78, 5) is 2.87. The molecule has 0 spiro atoms. The second-order valence-corrected chi connectivity index (χ2v) is 16.9. The lowest BCUT2D eigenvalue weighted by Gasteiger charge is -2.22. The van der Waals surface area contributed by atoms with E-state index in [1.54, 1.807) is 0 Å². The van der Waals surface area contributed by atoms with E-state index in [4.69, 9.17) is 0 Å². The fourth-order valence-electron chi connectivity index (χ4n) is 7.47. The fraction of sp³-hybridized carbons (Fsp3) is 1.00. The first kappa shape index (κ1) is 47.0. The maximum Gasteiger partial charge on any atom is -0.00187 e. The van der Waals surface area contributed by atoms with E-state index in [1.165, 1.54) is 251 Å². The molecule has 0 bridgehead atoms. The predicted molar refractivity (Wildman–Crippen MR) is 218 cm³/mol. The molecule has 0 fully saturated rings. The summed E-state index contributed by atoms with van der Waals surface area (Å²) in [5, 5.41) is 0. The minimum absolute atomic E-state index is 0.890. The SMILES string of the molecule is CCCCCCCCCCCCN(CCCCCCCCCCCCCCC(C)C)CCCCCCCCCCCCCCC(C)C. The molecule has 1 heteroatoms. The molecule has 0 N–H and O–H groups in total. The van der Waals surface area contributed by atoms with Gasteiger partial charge in [0, 0.05) is 0 Å². The average molecular weight is 662 g/mol. The summed E-state index contributed by atoms with van der Waals surface area (Å²) in [5.41, 5.74) is 0. The normalized spacial score (nSPS) is 12.0. The molecule has 47 heavy (non-hydrogen) atoms. The summed E-state index contributed by atoms with van der Waals surface area (Å²) < 4.78 is 0.